The Morgan fingerprint density at radius 1 is 1.31 bits per heavy atom. The highest BCUT2D eigenvalue weighted by Gasteiger charge is 2.33. The van der Waals surface area contributed by atoms with Gasteiger partial charge in [0.25, 0.3) is 0 Å². The maximum absolute atomic E-state index is 9.76. The van der Waals surface area contributed by atoms with Crippen molar-refractivity contribution in [3.05, 3.63) is 35.9 Å². The molecule has 0 bridgehead atoms. The number of rotatable bonds is 1. The Morgan fingerprint density at radius 2 is 2.12 bits per heavy atom. The third kappa shape index (κ3) is 1.72. The number of fused-ring (bicyclic) bond motifs is 1. The molecule has 0 spiro atoms. The monoisotopic (exact) mass is 234 g/mol. The number of amidine groups is 1. The smallest absolute Gasteiger partial charge is 0.162 e. The molecule has 2 atom stereocenters. The lowest BCUT2D eigenvalue weighted by molar-refractivity contribution is 0.123. The molecule has 1 N–H and O–H groups in total. The quantitative estimate of drug-likeness (QED) is 0.805. The molecule has 4 heteroatoms. The molecule has 2 heterocycles. The van der Waals surface area contributed by atoms with Crippen molar-refractivity contribution in [1.29, 1.82) is 0 Å². The lowest BCUT2D eigenvalue weighted by atomic mass is 10.0. The second-order valence-electron chi connectivity index (χ2n) is 4.10. The predicted octanol–water partition coefficient (Wildman–Crippen LogP) is 1.85. The summed E-state index contributed by atoms with van der Waals surface area (Å²) in [5.41, 5.74) is 1.27. The van der Waals surface area contributed by atoms with E-state index >= 15 is 0 Å². The third-order valence-electron chi connectivity index (χ3n) is 3.06. The number of aliphatic hydroxyl groups is 1. The predicted molar refractivity (Wildman–Crippen MR) is 66.4 cm³/mol. The van der Waals surface area contributed by atoms with Gasteiger partial charge >= 0.3 is 0 Å². The molecule has 0 saturated carbocycles. The van der Waals surface area contributed by atoms with Gasteiger partial charge in [-0.05, 0) is 5.56 Å². The van der Waals surface area contributed by atoms with E-state index in [1.165, 1.54) is 5.56 Å². The third-order valence-corrected chi connectivity index (χ3v) is 4.05. The van der Waals surface area contributed by atoms with Crippen LogP contribution >= 0.6 is 11.8 Å². The minimum atomic E-state index is -0.540. The minimum Gasteiger partial charge on any atom is -0.372 e. The van der Waals surface area contributed by atoms with Crippen LogP contribution in [-0.2, 0) is 0 Å². The molecule has 0 aromatic heterocycles. The zero-order valence-electron chi connectivity index (χ0n) is 8.91. The number of nitrogens with zero attached hydrogens (tertiary/aromatic N) is 2. The van der Waals surface area contributed by atoms with Gasteiger partial charge in [0, 0.05) is 18.7 Å². The second-order valence-corrected chi connectivity index (χ2v) is 5.16. The molecule has 2 aliphatic rings. The van der Waals surface area contributed by atoms with E-state index in [1.54, 1.807) is 11.8 Å². The fraction of sp³-hybridized carbons (Fsp3) is 0.417. The standard InChI is InChI=1S/C12H14N2OS/c15-11-8-10(9-4-2-1-3-5-9)14-6-7-16-12(14)13-11/h1-5,10-11,15H,6-8H2/t10-,11+/m1/s1. The van der Waals surface area contributed by atoms with Crippen molar-refractivity contribution in [2.45, 2.75) is 18.7 Å². The number of hydrogen-bond donors (Lipinski definition) is 1. The van der Waals surface area contributed by atoms with Gasteiger partial charge in [-0.25, -0.2) is 4.99 Å². The van der Waals surface area contributed by atoms with E-state index in [0.717, 1.165) is 17.5 Å². The van der Waals surface area contributed by atoms with Crippen molar-refractivity contribution in [2.75, 3.05) is 12.3 Å². The number of benzene rings is 1. The average Bonchev–Trinajstić information content (AvgIpc) is 2.77. The first-order chi connectivity index (χ1) is 7.84. The molecule has 0 amide bonds. The largest absolute Gasteiger partial charge is 0.372 e. The van der Waals surface area contributed by atoms with Gasteiger partial charge in [0.2, 0.25) is 0 Å². The Morgan fingerprint density at radius 3 is 2.94 bits per heavy atom. The summed E-state index contributed by atoms with van der Waals surface area (Å²) in [6, 6.07) is 10.7. The van der Waals surface area contributed by atoms with Gasteiger partial charge < -0.3 is 10.0 Å². The average molecular weight is 234 g/mol. The highest BCUT2D eigenvalue weighted by molar-refractivity contribution is 8.14. The van der Waals surface area contributed by atoms with Gasteiger partial charge in [-0.2, -0.15) is 0 Å². The summed E-state index contributed by atoms with van der Waals surface area (Å²) in [5, 5.41) is 10.8. The summed E-state index contributed by atoms with van der Waals surface area (Å²) >= 11 is 1.74. The summed E-state index contributed by atoms with van der Waals surface area (Å²) in [6.07, 6.45) is 0.163. The van der Waals surface area contributed by atoms with Crippen molar-refractivity contribution in [3.8, 4) is 0 Å². The minimum absolute atomic E-state index is 0.290. The molecule has 84 valence electrons. The van der Waals surface area contributed by atoms with Crippen LogP contribution in [-0.4, -0.2) is 33.7 Å². The Balaban J connectivity index is 1.94. The molecule has 0 aliphatic carbocycles. The topological polar surface area (TPSA) is 35.8 Å². The molecule has 1 fully saturated rings. The second kappa shape index (κ2) is 4.11. The van der Waals surface area contributed by atoms with Crippen LogP contribution in [0.15, 0.2) is 35.3 Å². The van der Waals surface area contributed by atoms with Gasteiger partial charge in [0.15, 0.2) is 5.17 Å². The lowest BCUT2D eigenvalue weighted by Crippen LogP contribution is -2.36. The lowest BCUT2D eigenvalue weighted by Gasteiger charge is -2.34. The van der Waals surface area contributed by atoms with Crippen molar-refractivity contribution < 1.29 is 5.11 Å². The Labute approximate surface area is 99.2 Å². The summed E-state index contributed by atoms with van der Waals surface area (Å²) in [5.74, 6) is 1.08. The summed E-state index contributed by atoms with van der Waals surface area (Å²) in [6.45, 7) is 1.04. The van der Waals surface area contributed by atoms with Crippen molar-refractivity contribution >= 4 is 16.9 Å². The van der Waals surface area contributed by atoms with E-state index in [4.69, 9.17) is 0 Å². The van der Waals surface area contributed by atoms with E-state index in [1.807, 2.05) is 6.07 Å². The van der Waals surface area contributed by atoms with Crippen LogP contribution < -0.4 is 0 Å². The first-order valence-corrected chi connectivity index (χ1v) is 6.53. The molecule has 3 nitrogen and oxygen atoms in total. The summed E-state index contributed by atoms with van der Waals surface area (Å²) < 4.78 is 0. The van der Waals surface area contributed by atoms with E-state index < -0.39 is 6.23 Å². The number of aliphatic hydroxyl groups excluding tert-OH is 1. The van der Waals surface area contributed by atoms with Gasteiger partial charge in [0.05, 0.1) is 6.04 Å². The molecular weight excluding hydrogens is 220 g/mol. The Bertz CT molecular complexity index is 407. The van der Waals surface area contributed by atoms with Crippen molar-refractivity contribution in [1.82, 2.24) is 4.90 Å². The highest BCUT2D eigenvalue weighted by atomic mass is 32.2. The number of hydrogen-bond acceptors (Lipinski definition) is 4. The van der Waals surface area contributed by atoms with Crippen LogP contribution in [0.4, 0.5) is 0 Å². The van der Waals surface area contributed by atoms with Gasteiger partial charge in [0.1, 0.15) is 6.23 Å². The van der Waals surface area contributed by atoms with E-state index in [-0.39, 0.29) is 0 Å². The highest BCUT2D eigenvalue weighted by Crippen LogP contribution is 2.36. The van der Waals surface area contributed by atoms with Crippen LogP contribution in [0.1, 0.15) is 18.0 Å². The number of aliphatic imine (C=N–C) groups is 1. The fourth-order valence-electron chi connectivity index (χ4n) is 2.31. The van der Waals surface area contributed by atoms with Crippen LogP contribution in [0.5, 0.6) is 0 Å². The van der Waals surface area contributed by atoms with Gasteiger partial charge in [-0.1, -0.05) is 42.1 Å². The Hall–Kier alpha value is -1.00. The first-order valence-electron chi connectivity index (χ1n) is 5.55. The van der Waals surface area contributed by atoms with E-state index in [0.29, 0.717) is 12.5 Å². The molecule has 3 rings (SSSR count). The van der Waals surface area contributed by atoms with Crippen LogP contribution in [0.2, 0.25) is 0 Å². The zero-order valence-corrected chi connectivity index (χ0v) is 9.73. The molecule has 0 unspecified atom stereocenters. The molecule has 1 saturated heterocycles. The fourth-order valence-corrected chi connectivity index (χ4v) is 3.36. The molecule has 2 aliphatic heterocycles. The summed E-state index contributed by atoms with van der Waals surface area (Å²) in [7, 11) is 0. The van der Waals surface area contributed by atoms with E-state index in [9.17, 15) is 5.11 Å². The molecule has 1 aromatic carbocycles. The molecule has 16 heavy (non-hydrogen) atoms. The van der Waals surface area contributed by atoms with Crippen molar-refractivity contribution in [2.24, 2.45) is 4.99 Å². The summed E-state index contributed by atoms with van der Waals surface area (Å²) in [4.78, 5) is 6.59. The normalized spacial score (nSPS) is 28.8. The molecule has 1 aromatic rings. The first kappa shape index (κ1) is 10.2. The zero-order chi connectivity index (χ0) is 11.0. The van der Waals surface area contributed by atoms with Gasteiger partial charge in [-0.3, -0.25) is 0 Å². The maximum atomic E-state index is 9.76. The van der Waals surface area contributed by atoms with Crippen LogP contribution in [0, 0.1) is 0 Å². The molecule has 0 radical (unpaired) electrons. The SMILES string of the molecule is O[C@H]1C[C@H](c2ccccc2)N2CCSC2=N1. The number of thioether (sulfide) groups is 1. The van der Waals surface area contributed by atoms with Crippen LogP contribution in [0.25, 0.3) is 0 Å². The Kier molecular flexibility index (Phi) is 2.61. The van der Waals surface area contributed by atoms with E-state index in [2.05, 4.69) is 34.2 Å². The molecular formula is C12H14N2OS. The maximum Gasteiger partial charge on any atom is 0.162 e. The van der Waals surface area contributed by atoms with Crippen LogP contribution in [0.3, 0.4) is 0 Å². The van der Waals surface area contributed by atoms with Gasteiger partial charge in [-0.15, -0.1) is 0 Å². The van der Waals surface area contributed by atoms with Crippen molar-refractivity contribution in [3.63, 3.8) is 0 Å².